The average molecular weight is 150 g/mol. The van der Waals surface area contributed by atoms with Crippen molar-refractivity contribution in [2.24, 2.45) is 0 Å². The van der Waals surface area contributed by atoms with Crippen molar-refractivity contribution in [2.45, 2.75) is 6.92 Å². The van der Waals surface area contributed by atoms with Crippen molar-refractivity contribution >= 4 is 5.78 Å². The van der Waals surface area contributed by atoms with Crippen molar-refractivity contribution in [2.75, 3.05) is 6.61 Å². The fraction of sp³-hybridized carbons (Fsp3) is 0.222. The number of hydrogen-bond acceptors (Lipinski definition) is 2. The summed E-state index contributed by atoms with van der Waals surface area (Å²) in [6.45, 7) is 5.48. The Morgan fingerprint density at radius 1 is 1.64 bits per heavy atom. The maximum atomic E-state index is 11.0. The Morgan fingerprint density at radius 3 is 2.82 bits per heavy atom. The molecular weight excluding hydrogens is 140 g/mol. The number of carbonyl (C=O) groups is 1. The first-order valence-corrected chi connectivity index (χ1v) is 3.41. The minimum Gasteiger partial charge on any atom is -0.489 e. The van der Waals surface area contributed by atoms with E-state index >= 15 is 0 Å². The number of rotatable bonds is 2. The number of ketones is 1. The Morgan fingerprint density at radius 2 is 2.36 bits per heavy atom. The van der Waals surface area contributed by atoms with Crippen molar-refractivity contribution < 1.29 is 9.53 Å². The highest BCUT2D eigenvalue weighted by Crippen LogP contribution is 2.16. The maximum absolute atomic E-state index is 11.0. The van der Waals surface area contributed by atoms with E-state index < -0.39 is 0 Å². The lowest BCUT2D eigenvalue weighted by Gasteiger charge is -1.90. The van der Waals surface area contributed by atoms with Crippen LogP contribution < -0.4 is 0 Å². The van der Waals surface area contributed by atoms with Gasteiger partial charge in [0, 0.05) is 0 Å². The van der Waals surface area contributed by atoms with Crippen molar-refractivity contribution in [1.82, 2.24) is 0 Å². The fourth-order valence-corrected chi connectivity index (χ4v) is 0.900. The first-order valence-electron chi connectivity index (χ1n) is 3.41. The van der Waals surface area contributed by atoms with E-state index in [1.165, 1.54) is 0 Å². The lowest BCUT2D eigenvalue weighted by molar-refractivity contribution is -0.116. The highest BCUT2D eigenvalue weighted by molar-refractivity contribution is 6.01. The van der Waals surface area contributed by atoms with Crippen molar-refractivity contribution in [3.63, 3.8) is 0 Å². The van der Waals surface area contributed by atoms with Crippen LogP contribution in [0.25, 0.3) is 0 Å². The van der Waals surface area contributed by atoms with Crippen LogP contribution in [0.5, 0.6) is 0 Å². The Bertz CT molecular complexity index is 246. The number of ether oxygens (including phenoxy) is 1. The van der Waals surface area contributed by atoms with E-state index in [0.717, 1.165) is 0 Å². The Hall–Kier alpha value is -1.31. The lowest BCUT2D eigenvalue weighted by atomic mass is 10.1. The largest absolute Gasteiger partial charge is 0.489 e. The molecule has 0 fully saturated rings. The van der Waals surface area contributed by atoms with Gasteiger partial charge in [0.1, 0.15) is 5.76 Å². The Kier molecular flexibility index (Phi) is 2.26. The molecule has 0 radical (unpaired) electrons. The van der Waals surface area contributed by atoms with Crippen LogP contribution in [0.4, 0.5) is 0 Å². The summed E-state index contributed by atoms with van der Waals surface area (Å²) in [5.74, 6) is 0.744. The molecule has 0 atom stereocenters. The molecule has 1 rings (SSSR count). The van der Waals surface area contributed by atoms with Gasteiger partial charge in [-0.2, -0.15) is 0 Å². The molecule has 1 aliphatic rings. The van der Waals surface area contributed by atoms with Gasteiger partial charge in [-0.1, -0.05) is 18.7 Å². The predicted octanol–water partition coefficient (Wildman–Crippen LogP) is 1.60. The molecule has 0 aromatic rings. The van der Waals surface area contributed by atoms with Crippen LogP contribution in [0, 0.1) is 0 Å². The second-order valence-corrected chi connectivity index (χ2v) is 2.28. The molecule has 0 aromatic heterocycles. The van der Waals surface area contributed by atoms with E-state index in [0.29, 0.717) is 11.3 Å². The molecule has 0 bridgehead atoms. The average Bonchev–Trinajstić information content (AvgIpc) is 2.29. The monoisotopic (exact) mass is 150 g/mol. The first kappa shape index (κ1) is 7.79. The summed E-state index contributed by atoms with van der Waals surface area (Å²) in [6.07, 6.45) is 5.08. The normalized spacial score (nSPS) is 17.7. The Labute approximate surface area is 65.9 Å². The SMILES string of the molecule is C=C/C=C\C1=C(C)OCC1=O. The third-order valence-corrected chi connectivity index (χ3v) is 1.50. The van der Waals surface area contributed by atoms with Crippen molar-refractivity contribution in [3.8, 4) is 0 Å². The lowest BCUT2D eigenvalue weighted by Crippen LogP contribution is -1.98. The van der Waals surface area contributed by atoms with Crippen LogP contribution in [-0.4, -0.2) is 12.4 Å². The molecule has 2 nitrogen and oxygen atoms in total. The second-order valence-electron chi connectivity index (χ2n) is 2.28. The topological polar surface area (TPSA) is 26.3 Å². The van der Waals surface area contributed by atoms with E-state index in [9.17, 15) is 4.79 Å². The second kappa shape index (κ2) is 3.19. The van der Waals surface area contributed by atoms with E-state index in [1.54, 1.807) is 25.2 Å². The molecule has 0 aromatic carbocycles. The van der Waals surface area contributed by atoms with Gasteiger partial charge in [0.05, 0.1) is 5.57 Å². The molecule has 0 saturated heterocycles. The third kappa shape index (κ3) is 1.58. The summed E-state index contributed by atoms with van der Waals surface area (Å²) in [6, 6.07) is 0. The summed E-state index contributed by atoms with van der Waals surface area (Å²) in [5.41, 5.74) is 0.657. The molecule has 2 heteroatoms. The van der Waals surface area contributed by atoms with Gasteiger partial charge in [-0.05, 0) is 13.0 Å². The minimum absolute atomic E-state index is 0.0422. The van der Waals surface area contributed by atoms with Crippen LogP contribution in [0.1, 0.15) is 6.92 Å². The summed E-state index contributed by atoms with van der Waals surface area (Å²) >= 11 is 0. The first-order chi connectivity index (χ1) is 5.25. The molecule has 0 amide bonds. The summed E-state index contributed by atoms with van der Waals surface area (Å²) in [7, 11) is 0. The molecule has 0 spiro atoms. The smallest absolute Gasteiger partial charge is 0.203 e. The molecule has 1 aliphatic heterocycles. The fourth-order valence-electron chi connectivity index (χ4n) is 0.900. The van der Waals surface area contributed by atoms with E-state index in [2.05, 4.69) is 6.58 Å². The van der Waals surface area contributed by atoms with Gasteiger partial charge >= 0.3 is 0 Å². The maximum Gasteiger partial charge on any atom is 0.203 e. The molecular formula is C9H10O2. The summed E-state index contributed by atoms with van der Waals surface area (Å²) in [5, 5.41) is 0. The highest BCUT2D eigenvalue weighted by Gasteiger charge is 2.18. The number of carbonyl (C=O) groups excluding carboxylic acids is 1. The van der Waals surface area contributed by atoms with Crippen LogP contribution in [0.2, 0.25) is 0 Å². The van der Waals surface area contributed by atoms with Gasteiger partial charge in [0.2, 0.25) is 5.78 Å². The van der Waals surface area contributed by atoms with E-state index in [1.807, 2.05) is 0 Å². The Balaban J connectivity index is 2.83. The predicted molar refractivity (Wildman–Crippen MR) is 43.0 cm³/mol. The molecule has 1 heterocycles. The quantitative estimate of drug-likeness (QED) is 0.559. The van der Waals surface area contributed by atoms with Gasteiger partial charge in [-0.3, -0.25) is 4.79 Å². The molecule has 0 unspecified atom stereocenters. The number of Topliss-reactive ketones (excluding diaryl/α,β-unsaturated/α-hetero) is 1. The van der Waals surface area contributed by atoms with Gasteiger partial charge in [0.25, 0.3) is 0 Å². The minimum atomic E-state index is 0.0422. The molecule has 0 N–H and O–H groups in total. The van der Waals surface area contributed by atoms with E-state index in [4.69, 9.17) is 4.74 Å². The third-order valence-electron chi connectivity index (χ3n) is 1.50. The molecule has 0 aliphatic carbocycles. The molecule has 0 saturated carbocycles. The van der Waals surface area contributed by atoms with Crippen molar-refractivity contribution in [3.05, 3.63) is 36.1 Å². The van der Waals surface area contributed by atoms with Crippen LogP contribution in [0.15, 0.2) is 36.1 Å². The molecule has 11 heavy (non-hydrogen) atoms. The van der Waals surface area contributed by atoms with Crippen LogP contribution >= 0.6 is 0 Å². The summed E-state index contributed by atoms with van der Waals surface area (Å²) in [4.78, 5) is 11.0. The number of hydrogen-bond donors (Lipinski definition) is 0. The zero-order valence-electron chi connectivity index (χ0n) is 6.46. The van der Waals surface area contributed by atoms with Gasteiger partial charge in [-0.25, -0.2) is 0 Å². The van der Waals surface area contributed by atoms with Crippen LogP contribution in [-0.2, 0) is 9.53 Å². The van der Waals surface area contributed by atoms with Gasteiger partial charge in [-0.15, -0.1) is 0 Å². The van der Waals surface area contributed by atoms with E-state index in [-0.39, 0.29) is 12.4 Å². The summed E-state index contributed by atoms with van der Waals surface area (Å²) < 4.78 is 5.02. The zero-order chi connectivity index (χ0) is 8.27. The molecule has 58 valence electrons. The van der Waals surface area contributed by atoms with Crippen molar-refractivity contribution in [1.29, 1.82) is 0 Å². The van der Waals surface area contributed by atoms with Gasteiger partial charge < -0.3 is 4.74 Å². The highest BCUT2D eigenvalue weighted by atomic mass is 16.5. The number of allylic oxidation sites excluding steroid dienone is 4. The van der Waals surface area contributed by atoms with Crippen LogP contribution in [0.3, 0.4) is 0 Å². The standard InChI is InChI=1S/C9H10O2/c1-3-4-5-8-7(2)11-6-9(8)10/h3-5H,1,6H2,2H3/b5-4-. The van der Waals surface area contributed by atoms with Gasteiger partial charge in [0.15, 0.2) is 6.61 Å². The zero-order valence-corrected chi connectivity index (χ0v) is 6.46.